The number of imidazole rings is 1. The second-order valence-electron chi connectivity index (χ2n) is 7.47. The fourth-order valence-electron chi connectivity index (χ4n) is 4.17. The van der Waals surface area contributed by atoms with Gasteiger partial charge in [-0.3, -0.25) is 0 Å². The number of likely N-dealkylation sites (tertiary alicyclic amines) is 1. The number of hydrogen-bond acceptors (Lipinski definition) is 4. The molecule has 1 aliphatic heterocycles. The first kappa shape index (κ1) is 20.1. The van der Waals surface area contributed by atoms with Crippen LogP contribution in [0, 0.1) is 0 Å². The summed E-state index contributed by atoms with van der Waals surface area (Å²) in [6.45, 7) is 2.17. The van der Waals surface area contributed by atoms with Gasteiger partial charge in [-0.05, 0) is 49.6 Å². The monoisotopic (exact) mass is 408 g/mol. The summed E-state index contributed by atoms with van der Waals surface area (Å²) in [5.74, 6) is 1.55. The van der Waals surface area contributed by atoms with E-state index in [1.807, 2.05) is 47.6 Å². The number of nitrogens with zero attached hydrogens (tertiary/aromatic N) is 3. The molecule has 7 heteroatoms. The van der Waals surface area contributed by atoms with Gasteiger partial charge in [-0.1, -0.05) is 12.1 Å². The van der Waals surface area contributed by atoms with Crippen molar-refractivity contribution in [1.29, 1.82) is 0 Å². The van der Waals surface area contributed by atoms with E-state index in [9.17, 15) is 4.79 Å². The third-order valence-electron chi connectivity index (χ3n) is 5.69. The van der Waals surface area contributed by atoms with Crippen LogP contribution in [0.2, 0.25) is 0 Å². The van der Waals surface area contributed by atoms with Crippen LogP contribution in [0.3, 0.4) is 0 Å². The summed E-state index contributed by atoms with van der Waals surface area (Å²) < 4.78 is 13.0. The molecule has 0 saturated carbocycles. The molecule has 158 valence electrons. The molecule has 1 aliphatic rings. The molecule has 2 heterocycles. The molecule has 3 aromatic rings. The van der Waals surface area contributed by atoms with Gasteiger partial charge in [-0.15, -0.1) is 0 Å². The third-order valence-corrected chi connectivity index (χ3v) is 5.69. The Hall–Kier alpha value is -3.22. The minimum Gasteiger partial charge on any atom is -0.497 e. The van der Waals surface area contributed by atoms with E-state index < -0.39 is 0 Å². The van der Waals surface area contributed by atoms with Crippen molar-refractivity contribution in [3.05, 3.63) is 54.4 Å². The zero-order chi connectivity index (χ0) is 20.9. The van der Waals surface area contributed by atoms with Crippen LogP contribution in [0.4, 0.5) is 4.79 Å². The zero-order valence-electron chi connectivity index (χ0n) is 17.5. The third kappa shape index (κ3) is 4.06. The van der Waals surface area contributed by atoms with E-state index in [4.69, 9.17) is 9.47 Å². The van der Waals surface area contributed by atoms with Crippen molar-refractivity contribution < 1.29 is 14.3 Å². The Balaban J connectivity index is 1.36. The van der Waals surface area contributed by atoms with Gasteiger partial charge >= 0.3 is 6.03 Å². The van der Waals surface area contributed by atoms with Crippen LogP contribution in [0.1, 0.15) is 30.9 Å². The van der Waals surface area contributed by atoms with E-state index in [2.05, 4.69) is 20.9 Å². The lowest BCUT2D eigenvalue weighted by molar-refractivity contribution is 0.191. The molecular weight excluding hydrogens is 380 g/mol. The molecule has 0 spiro atoms. The summed E-state index contributed by atoms with van der Waals surface area (Å²) in [6, 6.07) is 13.8. The topological polar surface area (TPSA) is 68.6 Å². The number of carbonyl (C=O) groups excluding carboxylic acids is 1. The summed E-state index contributed by atoms with van der Waals surface area (Å²) >= 11 is 0. The molecule has 1 unspecified atom stereocenters. The van der Waals surface area contributed by atoms with Crippen molar-refractivity contribution in [3.63, 3.8) is 0 Å². The Kier molecular flexibility index (Phi) is 6.07. The maximum Gasteiger partial charge on any atom is 0.317 e. The molecule has 1 fully saturated rings. The van der Waals surface area contributed by atoms with Crippen LogP contribution in [0.15, 0.2) is 48.8 Å². The fourth-order valence-corrected chi connectivity index (χ4v) is 4.17. The van der Waals surface area contributed by atoms with Crippen LogP contribution >= 0.6 is 0 Å². The molecule has 1 aromatic heterocycles. The Morgan fingerprint density at radius 1 is 1.20 bits per heavy atom. The Labute approximate surface area is 176 Å². The van der Waals surface area contributed by atoms with E-state index in [-0.39, 0.29) is 12.1 Å². The summed E-state index contributed by atoms with van der Waals surface area (Å²) in [7, 11) is 3.30. The van der Waals surface area contributed by atoms with Gasteiger partial charge < -0.3 is 24.3 Å². The van der Waals surface area contributed by atoms with Crippen LogP contribution in [0.25, 0.3) is 11.0 Å². The minimum atomic E-state index is -0.0298. The molecular formula is C23H28N4O3. The average Bonchev–Trinajstić information content (AvgIpc) is 3.43. The smallest absolute Gasteiger partial charge is 0.317 e. The maximum absolute atomic E-state index is 12.9. The van der Waals surface area contributed by atoms with Crippen molar-refractivity contribution >= 4 is 17.1 Å². The SMILES string of the molecule is COc1ccc(OC)c(C2CCCN2C(=O)NCCCn2cnc3ccccc32)c1. The standard InChI is InChI=1S/C23H28N4O3/c1-29-17-10-11-22(30-2)18(15-17)20-9-5-14-27(20)23(28)24-12-6-13-26-16-25-19-7-3-4-8-21(19)26/h3-4,7-8,10-11,15-16,20H,5-6,9,12-14H2,1-2H3,(H,24,28). The molecule has 0 aliphatic carbocycles. The highest BCUT2D eigenvalue weighted by Crippen LogP contribution is 2.38. The predicted molar refractivity (Wildman–Crippen MR) is 116 cm³/mol. The van der Waals surface area contributed by atoms with Crippen molar-refractivity contribution in [3.8, 4) is 11.5 Å². The highest BCUT2D eigenvalue weighted by Gasteiger charge is 2.32. The maximum atomic E-state index is 12.9. The summed E-state index contributed by atoms with van der Waals surface area (Å²) in [5, 5.41) is 3.08. The Bertz CT molecular complexity index is 1020. The molecule has 0 radical (unpaired) electrons. The summed E-state index contributed by atoms with van der Waals surface area (Å²) in [5.41, 5.74) is 3.11. The first-order chi connectivity index (χ1) is 14.7. The van der Waals surface area contributed by atoms with Crippen LogP contribution < -0.4 is 14.8 Å². The number of methoxy groups -OCH3 is 2. The average molecular weight is 409 g/mol. The number of carbonyl (C=O) groups is 1. The van der Waals surface area contributed by atoms with Crippen LogP contribution in [-0.4, -0.2) is 47.8 Å². The minimum absolute atomic E-state index is 0.00681. The predicted octanol–water partition coefficient (Wildman–Crippen LogP) is 3.99. The second-order valence-corrected chi connectivity index (χ2v) is 7.47. The Morgan fingerprint density at radius 2 is 2.07 bits per heavy atom. The van der Waals surface area contributed by atoms with E-state index in [0.29, 0.717) is 6.54 Å². The van der Waals surface area contributed by atoms with Gasteiger partial charge in [0.25, 0.3) is 0 Å². The van der Waals surface area contributed by atoms with E-state index in [0.717, 1.165) is 60.4 Å². The number of nitrogens with one attached hydrogen (secondary N) is 1. The first-order valence-electron chi connectivity index (χ1n) is 10.4. The lowest BCUT2D eigenvalue weighted by Gasteiger charge is -2.27. The van der Waals surface area contributed by atoms with Gasteiger partial charge in [0.05, 0.1) is 37.6 Å². The number of aromatic nitrogens is 2. The molecule has 0 bridgehead atoms. The normalized spacial score (nSPS) is 16.1. The van der Waals surface area contributed by atoms with Gasteiger partial charge in [0.1, 0.15) is 11.5 Å². The van der Waals surface area contributed by atoms with Crippen LogP contribution in [-0.2, 0) is 6.54 Å². The van der Waals surface area contributed by atoms with Gasteiger partial charge in [-0.25, -0.2) is 9.78 Å². The molecule has 2 amide bonds. The molecule has 1 N–H and O–H groups in total. The highest BCUT2D eigenvalue weighted by atomic mass is 16.5. The lowest BCUT2D eigenvalue weighted by Crippen LogP contribution is -2.40. The van der Waals surface area contributed by atoms with Crippen molar-refractivity contribution in [2.24, 2.45) is 0 Å². The Morgan fingerprint density at radius 3 is 2.90 bits per heavy atom. The van der Waals surface area contributed by atoms with Gasteiger partial charge in [0.15, 0.2) is 0 Å². The lowest BCUT2D eigenvalue weighted by atomic mass is 10.0. The number of hydrogen-bond donors (Lipinski definition) is 1. The van der Waals surface area contributed by atoms with E-state index in [1.54, 1.807) is 14.2 Å². The number of ether oxygens (including phenoxy) is 2. The molecule has 1 saturated heterocycles. The molecule has 7 nitrogen and oxygen atoms in total. The van der Waals surface area contributed by atoms with E-state index in [1.165, 1.54) is 0 Å². The molecule has 2 aromatic carbocycles. The number of fused-ring (bicyclic) bond motifs is 1. The summed E-state index contributed by atoms with van der Waals surface area (Å²) in [6.07, 6.45) is 4.59. The van der Waals surface area contributed by atoms with Crippen molar-refractivity contribution in [1.82, 2.24) is 19.8 Å². The zero-order valence-corrected chi connectivity index (χ0v) is 17.5. The van der Waals surface area contributed by atoms with Crippen molar-refractivity contribution in [2.45, 2.75) is 31.8 Å². The molecule has 1 atom stereocenters. The number of rotatable bonds is 7. The number of para-hydroxylation sites is 2. The van der Waals surface area contributed by atoms with Crippen LogP contribution in [0.5, 0.6) is 11.5 Å². The number of urea groups is 1. The molecule has 4 rings (SSSR count). The second kappa shape index (κ2) is 9.07. The largest absolute Gasteiger partial charge is 0.497 e. The fraction of sp³-hybridized carbons (Fsp3) is 0.391. The quantitative estimate of drug-likeness (QED) is 0.600. The molecule has 30 heavy (non-hydrogen) atoms. The van der Waals surface area contributed by atoms with Gasteiger partial charge in [0, 0.05) is 25.2 Å². The number of benzene rings is 2. The van der Waals surface area contributed by atoms with Gasteiger partial charge in [0.2, 0.25) is 0 Å². The number of aryl methyl sites for hydroxylation is 1. The van der Waals surface area contributed by atoms with E-state index >= 15 is 0 Å². The number of amides is 2. The van der Waals surface area contributed by atoms with Crippen molar-refractivity contribution in [2.75, 3.05) is 27.3 Å². The van der Waals surface area contributed by atoms with Gasteiger partial charge in [-0.2, -0.15) is 0 Å². The highest BCUT2D eigenvalue weighted by molar-refractivity contribution is 5.76. The first-order valence-corrected chi connectivity index (χ1v) is 10.4. The summed E-state index contributed by atoms with van der Waals surface area (Å²) in [4.78, 5) is 19.2.